The Morgan fingerprint density at radius 1 is 0.973 bits per heavy atom. The predicted octanol–water partition coefficient (Wildman–Crippen LogP) is 3.30. The Hall–Kier alpha value is -4.28. The van der Waals surface area contributed by atoms with Gasteiger partial charge in [0.1, 0.15) is 6.04 Å². The average Bonchev–Trinajstić information content (AvgIpc) is 2.90. The summed E-state index contributed by atoms with van der Waals surface area (Å²) in [6.45, 7) is -0.332. The molecule has 11 heteroatoms. The lowest BCUT2D eigenvalue weighted by atomic mass is 10.00. The van der Waals surface area contributed by atoms with Crippen molar-refractivity contribution >= 4 is 17.8 Å². The molecular formula is C26H25F3N4O4. The molecule has 194 valence electrons. The van der Waals surface area contributed by atoms with Crippen molar-refractivity contribution in [3.63, 3.8) is 0 Å². The predicted molar refractivity (Wildman–Crippen MR) is 127 cm³/mol. The second kappa shape index (κ2) is 12.6. The second-order valence-corrected chi connectivity index (χ2v) is 8.03. The van der Waals surface area contributed by atoms with Crippen LogP contribution < -0.4 is 5.32 Å². The van der Waals surface area contributed by atoms with E-state index in [9.17, 15) is 27.6 Å². The lowest BCUT2D eigenvalue weighted by Crippen LogP contribution is -2.49. The first-order chi connectivity index (χ1) is 17.7. The molecule has 0 aliphatic carbocycles. The van der Waals surface area contributed by atoms with E-state index in [-0.39, 0.29) is 24.1 Å². The lowest BCUT2D eigenvalue weighted by Gasteiger charge is -2.32. The van der Waals surface area contributed by atoms with E-state index in [1.165, 1.54) is 36.7 Å². The third kappa shape index (κ3) is 7.60. The molecule has 2 aromatic heterocycles. The van der Waals surface area contributed by atoms with Gasteiger partial charge in [0.2, 0.25) is 5.91 Å². The SMILES string of the molecule is COC(=O)c1cccc(C(C(=O)NCCc2cccnc2)N(CCc2cccnc2)C(=O)C(F)(F)F)c1. The molecule has 0 spiro atoms. The Kier molecular flexibility index (Phi) is 9.31. The van der Waals surface area contributed by atoms with Crippen LogP contribution in [0, 0.1) is 0 Å². The number of hydrogen-bond acceptors (Lipinski definition) is 6. The van der Waals surface area contributed by atoms with Gasteiger partial charge in [-0.1, -0.05) is 24.3 Å². The Labute approximate surface area is 211 Å². The van der Waals surface area contributed by atoms with E-state index in [1.807, 2.05) is 0 Å². The van der Waals surface area contributed by atoms with Gasteiger partial charge < -0.3 is 15.0 Å². The minimum atomic E-state index is -5.23. The van der Waals surface area contributed by atoms with Crippen LogP contribution >= 0.6 is 0 Å². The van der Waals surface area contributed by atoms with Crippen molar-refractivity contribution < 1.29 is 32.3 Å². The van der Waals surface area contributed by atoms with Gasteiger partial charge in [0, 0.05) is 37.9 Å². The standard InChI is InChI=1S/C26H25F3N4O4/c1-37-24(35)21-8-2-7-20(15-21)22(23(34)32-13-9-18-5-3-11-30-16-18)33(25(36)26(27,28)29)14-10-19-6-4-12-31-17-19/h2-8,11-12,15-17,22H,9-10,13-14H2,1H3,(H,32,34). The number of pyridine rings is 2. The quantitative estimate of drug-likeness (QED) is 0.417. The topological polar surface area (TPSA) is 101 Å². The number of ether oxygens (including phenoxy) is 1. The van der Waals surface area contributed by atoms with Gasteiger partial charge in [0.15, 0.2) is 0 Å². The highest BCUT2D eigenvalue weighted by molar-refractivity contribution is 5.93. The Bertz CT molecular complexity index is 1210. The summed E-state index contributed by atoms with van der Waals surface area (Å²) >= 11 is 0. The van der Waals surface area contributed by atoms with E-state index in [0.29, 0.717) is 16.9 Å². The molecule has 1 unspecified atom stereocenters. The summed E-state index contributed by atoms with van der Waals surface area (Å²) in [6, 6.07) is 10.6. The number of carbonyl (C=O) groups excluding carboxylic acids is 3. The molecule has 3 aromatic rings. The van der Waals surface area contributed by atoms with Crippen LogP contribution in [0.25, 0.3) is 0 Å². The van der Waals surface area contributed by atoms with Crippen molar-refractivity contribution in [2.75, 3.05) is 20.2 Å². The van der Waals surface area contributed by atoms with E-state index in [2.05, 4.69) is 15.3 Å². The molecule has 8 nitrogen and oxygen atoms in total. The molecule has 0 saturated carbocycles. The van der Waals surface area contributed by atoms with E-state index in [4.69, 9.17) is 4.74 Å². The highest BCUT2D eigenvalue weighted by atomic mass is 19.4. The Balaban J connectivity index is 1.96. The smallest absolute Gasteiger partial charge is 0.465 e. The number of carbonyl (C=O) groups is 3. The van der Waals surface area contributed by atoms with Gasteiger partial charge >= 0.3 is 18.1 Å². The second-order valence-electron chi connectivity index (χ2n) is 8.03. The van der Waals surface area contributed by atoms with Gasteiger partial charge in [-0.2, -0.15) is 13.2 Å². The largest absolute Gasteiger partial charge is 0.471 e. The summed E-state index contributed by atoms with van der Waals surface area (Å²) in [5.74, 6) is -3.73. The summed E-state index contributed by atoms with van der Waals surface area (Å²) in [5, 5.41) is 2.62. The van der Waals surface area contributed by atoms with Crippen LogP contribution in [0.5, 0.6) is 0 Å². The first kappa shape index (κ1) is 27.3. The molecule has 0 saturated heterocycles. The monoisotopic (exact) mass is 514 g/mol. The normalized spacial score (nSPS) is 11.9. The van der Waals surface area contributed by atoms with Crippen molar-refractivity contribution in [3.8, 4) is 0 Å². The fourth-order valence-electron chi connectivity index (χ4n) is 3.71. The summed E-state index contributed by atoms with van der Waals surface area (Å²) < 4.78 is 45.8. The minimum Gasteiger partial charge on any atom is -0.465 e. The van der Waals surface area contributed by atoms with Gasteiger partial charge in [-0.25, -0.2) is 4.79 Å². The molecular weight excluding hydrogens is 489 g/mol. The van der Waals surface area contributed by atoms with Crippen LogP contribution in [0.3, 0.4) is 0 Å². The van der Waals surface area contributed by atoms with Gasteiger partial charge in [0.25, 0.3) is 0 Å². The number of hydrogen-bond donors (Lipinski definition) is 1. The average molecular weight is 515 g/mol. The van der Waals surface area contributed by atoms with Crippen LogP contribution in [0.2, 0.25) is 0 Å². The first-order valence-electron chi connectivity index (χ1n) is 11.3. The van der Waals surface area contributed by atoms with E-state index in [1.54, 1.807) is 36.7 Å². The molecule has 0 aliphatic rings. The summed E-state index contributed by atoms with van der Waals surface area (Å²) in [5.41, 5.74) is 1.46. The van der Waals surface area contributed by atoms with Crippen LogP contribution in [-0.4, -0.2) is 59.0 Å². The maximum atomic E-state index is 13.7. The van der Waals surface area contributed by atoms with Crippen molar-refractivity contribution in [1.82, 2.24) is 20.2 Å². The zero-order valence-electron chi connectivity index (χ0n) is 19.9. The fourth-order valence-corrected chi connectivity index (χ4v) is 3.71. The lowest BCUT2D eigenvalue weighted by molar-refractivity contribution is -0.188. The number of esters is 1. The van der Waals surface area contributed by atoms with Crippen LogP contribution in [-0.2, 0) is 27.2 Å². The fraction of sp³-hybridized carbons (Fsp3) is 0.269. The number of amides is 2. The number of nitrogens with one attached hydrogen (secondary N) is 1. The molecule has 0 fully saturated rings. The molecule has 37 heavy (non-hydrogen) atoms. The van der Waals surface area contributed by atoms with Gasteiger partial charge in [-0.3, -0.25) is 19.6 Å². The van der Waals surface area contributed by atoms with E-state index < -0.39 is 36.5 Å². The summed E-state index contributed by atoms with van der Waals surface area (Å²) in [4.78, 5) is 46.4. The molecule has 1 N–H and O–H groups in total. The number of benzene rings is 1. The van der Waals surface area contributed by atoms with Gasteiger partial charge in [0.05, 0.1) is 12.7 Å². The maximum Gasteiger partial charge on any atom is 0.471 e. The Morgan fingerprint density at radius 3 is 2.19 bits per heavy atom. The zero-order valence-corrected chi connectivity index (χ0v) is 19.9. The van der Waals surface area contributed by atoms with Crippen LogP contribution in [0.1, 0.15) is 33.1 Å². The molecule has 1 aromatic carbocycles. The van der Waals surface area contributed by atoms with Crippen molar-refractivity contribution in [3.05, 3.63) is 95.6 Å². The maximum absolute atomic E-state index is 13.7. The Morgan fingerprint density at radius 2 is 1.62 bits per heavy atom. The molecule has 3 rings (SSSR count). The number of rotatable bonds is 10. The first-order valence-corrected chi connectivity index (χ1v) is 11.3. The number of methoxy groups -OCH3 is 1. The number of aromatic nitrogens is 2. The van der Waals surface area contributed by atoms with Crippen molar-refractivity contribution in [1.29, 1.82) is 0 Å². The van der Waals surface area contributed by atoms with Crippen molar-refractivity contribution in [2.24, 2.45) is 0 Å². The third-order valence-corrected chi connectivity index (χ3v) is 5.49. The molecule has 2 heterocycles. The highest BCUT2D eigenvalue weighted by Crippen LogP contribution is 2.29. The van der Waals surface area contributed by atoms with Crippen LogP contribution in [0.4, 0.5) is 13.2 Å². The third-order valence-electron chi connectivity index (χ3n) is 5.49. The number of nitrogens with zero attached hydrogens (tertiary/aromatic N) is 3. The number of alkyl halides is 3. The zero-order chi connectivity index (χ0) is 26.8. The molecule has 0 aliphatic heterocycles. The van der Waals surface area contributed by atoms with Crippen molar-refractivity contribution in [2.45, 2.75) is 25.1 Å². The van der Waals surface area contributed by atoms with Gasteiger partial charge in [-0.15, -0.1) is 0 Å². The molecule has 0 radical (unpaired) electrons. The highest BCUT2D eigenvalue weighted by Gasteiger charge is 2.46. The molecule has 1 atom stereocenters. The van der Waals surface area contributed by atoms with Crippen LogP contribution in [0.15, 0.2) is 73.3 Å². The molecule has 0 bridgehead atoms. The summed E-state index contributed by atoms with van der Waals surface area (Å²) in [6.07, 6.45) is 1.34. The molecule has 2 amide bonds. The number of halogens is 3. The van der Waals surface area contributed by atoms with E-state index >= 15 is 0 Å². The van der Waals surface area contributed by atoms with Gasteiger partial charge in [-0.05, 0) is 53.8 Å². The minimum absolute atomic E-state index is 0.0197. The summed E-state index contributed by atoms with van der Waals surface area (Å²) in [7, 11) is 1.16. The van der Waals surface area contributed by atoms with E-state index in [0.717, 1.165) is 12.7 Å².